The van der Waals surface area contributed by atoms with Crippen LogP contribution in [0.5, 0.6) is 11.6 Å². The Balaban J connectivity index is 1.55. The molecule has 2 aliphatic rings. The van der Waals surface area contributed by atoms with Gasteiger partial charge in [-0.25, -0.2) is 9.89 Å². The fourth-order valence-electron chi connectivity index (χ4n) is 4.39. The van der Waals surface area contributed by atoms with E-state index >= 15 is 0 Å². The Kier molecular flexibility index (Phi) is 4.45. The van der Waals surface area contributed by atoms with E-state index in [-0.39, 0.29) is 44.2 Å². The first-order valence-corrected chi connectivity index (χ1v) is 10.3. The van der Waals surface area contributed by atoms with Crippen molar-refractivity contribution in [2.24, 2.45) is 0 Å². The van der Waals surface area contributed by atoms with Crippen molar-refractivity contribution in [3.63, 3.8) is 0 Å². The molecule has 10 nitrogen and oxygen atoms in total. The molecule has 1 aromatic carbocycles. The lowest BCUT2D eigenvalue weighted by atomic mass is 9.65. The summed E-state index contributed by atoms with van der Waals surface area (Å²) in [6.45, 7) is 0. The summed E-state index contributed by atoms with van der Waals surface area (Å²) in [5.74, 6) is -0.0163. The summed E-state index contributed by atoms with van der Waals surface area (Å²) in [6, 6.07) is 2.79. The van der Waals surface area contributed by atoms with Crippen LogP contribution in [0.2, 0.25) is 10.0 Å². The average Bonchev–Trinajstić information content (AvgIpc) is 3.11. The Morgan fingerprint density at radius 3 is 2.45 bits per heavy atom. The van der Waals surface area contributed by atoms with Crippen LogP contribution in [0.25, 0.3) is 5.69 Å². The van der Waals surface area contributed by atoms with Crippen molar-refractivity contribution in [1.29, 1.82) is 0 Å². The van der Waals surface area contributed by atoms with Crippen LogP contribution in [0.1, 0.15) is 36.8 Å². The highest BCUT2D eigenvalue weighted by molar-refractivity contribution is 6.37. The standard InChI is InChI=1S/C19H16Cl2N6O4/c20-10-6-8(27-18(30)23-16(29)14(22)26-27)7-11(21)13(10)31-17-9-2-5-19(3-1-4-19)12(9)15(28)24-25-17/h6-7H,1-5H2,(H2,22,26)(H,24,28)(H,23,29,30). The number of nitrogen functional groups attached to an aromatic ring is 1. The van der Waals surface area contributed by atoms with Gasteiger partial charge in [-0.15, -0.1) is 10.2 Å². The van der Waals surface area contributed by atoms with Crippen LogP contribution in [0.4, 0.5) is 5.82 Å². The average molecular weight is 463 g/mol. The summed E-state index contributed by atoms with van der Waals surface area (Å²) >= 11 is 12.8. The minimum Gasteiger partial charge on any atom is -0.434 e. The number of hydrogen-bond acceptors (Lipinski definition) is 7. The molecule has 0 atom stereocenters. The van der Waals surface area contributed by atoms with Gasteiger partial charge in [0.15, 0.2) is 5.75 Å². The zero-order valence-corrected chi connectivity index (χ0v) is 17.5. The Bertz CT molecular complexity index is 1380. The van der Waals surface area contributed by atoms with Gasteiger partial charge in [0, 0.05) is 16.5 Å². The number of H-pyrrole nitrogens is 2. The van der Waals surface area contributed by atoms with Crippen LogP contribution in [0.15, 0.2) is 26.5 Å². The summed E-state index contributed by atoms with van der Waals surface area (Å²) < 4.78 is 6.80. The maximum atomic E-state index is 12.4. The first-order valence-electron chi connectivity index (χ1n) is 9.57. The van der Waals surface area contributed by atoms with Crippen LogP contribution < -0.4 is 27.3 Å². The number of aromatic amines is 2. The van der Waals surface area contributed by atoms with Gasteiger partial charge in [-0.05, 0) is 37.8 Å². The van der Waals surface area contributed by atoms with Crippen molar-refractivity contribution in [1.82, 2.24) is 25.0 Å². The lowest BCUT2D eigenvalue weighted by molar-refractivity contribution is 0.241. The third-order valence-electron chi connectivity index (χ3n) is 6.02. The Morgan fingerprint density at radius 2 is 1.81 bits per heavy atom. The van der Waals surface area contributed by atoms with Crippen molar-refractivity contribution in [3.05, 3.63) is 64.5 Å². The van der Waals surface area contributed by atoms with Gasteiger partial charge in [-0.2, -0.15) is 4.68 Å². The van der Waals surface area contributed by atoms with Crippen molar-refractivity contribution < 1.29 is 4.74 Å². The highest BCUT2D eigenvalue weighted by Crippen LogP contribution is 2.53. The van der Waals surface area contributed by atoms with Gasteiger partial charge >= 0.3 is 5.69 Å². The maximum Gasteiger partial charge on any atom is 0.349 e. The fourth-order valence-corrected chi connectivity index (χ4v) is 4.94. The molecule has 2 heterocycles. The number of aromatic nitrogens is 5. The van der Waals surface area contributed by atoms with Gasteiger partial charge in [-0.3, -0.25) is 14.6 Å². The zero-order valence-electron chi connectivity index (χ0n) is 16.0. The largest absolute Gasteiger partial charge is 0.434 e. The number of anilines is 1. The predicted octanol–water partition coefficient (Wildman–Crippen LogP) is 2.05. The van der Waals surface area contributed by atoms with Crippen LogP contribution in [-0.4, -0.2) is 25.0 Å². The third kappa shape index (κ3) is 3.05. The molecule has 0 unspecified atom stereocenters. The first kappa shape index (κ1) is 19.8. The fraction of sp³-hybridized carbons (Fsp3) is 0.316. The van der Waals surface area contributed by atoms with E-state index in [4.69, 9.17) is 33.7 Å². The van der Waals surface area contributed by atoms with Crippen molar-refractivity contribution in [3.8, 4) is 17.3 Å². The number of nitrogens with two attached hydrogens (primary N) is 1. The first-order chi connectivity index (χ1) is 14.8. The second-order valence-electron chi connectivity index (χ2n) is 7.74. The lowest BCUT2D eigenvalue weighted by Gasteiger charge is -2.38. The number of nitrogens with zero attached hydrogens (tertiary/aromatic N) is 3. The van der Waals surface area contributed by atoms with Gasteiger partial charge in [0.25, 0.3) is 11.1 Å². The normalized spacial score (nSPS) is 16.2. The Morgan fingerprint density at radius 1 is 1.10 bits per heavy atom. The maximum absolute atomic E-state index is 12.4. The van der Waals surface area contributed by atoms with Gasteiger partial charge in [-0.1, -0.05) is 29.6 Å². The van der Waals surface area contributed by atoms with E-state index in [0.29, 0.717) is 6.42 Å². The highest BCUT2D eigenvalue weighted by atomic mass is 35.5. The van der Waals surface area contributed by atoms with Gasteiger partial charge < -0.3 is 10.5 Å². The molecule has 4 N–H and O–H groups in total. The minimum absolute atomic E-state index is 0.0825. The molecule has 0 saturated heterocycles. The molecule has 31 heavy (non-hydrogen) atoms. The molecule has 160 valence electrons. The minimum atomic E-state index is -0.800. The summed E-state index contributed by atoms with van der Waals surface area (Å²) in [4.78, 5) is 38.0. The SMILES string of the molecule is Nc1nn(-c2cc(Cl)c(Oc3n[nH]c(=O)c4c3CCC43CCC3)c(Cl)c2)c(=O)[nH]c1=O. The van der Waals surface area contributed by atoms with Gasteiger partial charge in [0.1, 0.15) is 0 Å². The number of benzene rings is 1. The molecule has 0 amide bonds. The van der Waals surface area contributed by atoms with E-state index in [0.717, 1.165) is 41.5 Å². The smallest absolute Gasteiger partial charge is 0.349 e. The molecule has 2 aliphatic carbocycles. The molecular formula is C19H16Cl2N6O4. The number of halogens is 2. The molecule has 1 spiro atoms. The van der Waals surface area contributed by atoms with Crippen LogP contribution >= 0.6 is 23.2 Å². The van der Waals surface area contributed by atoms with E-state index in [1.165, 1.54) is 12.1 Å². The van der Waals surface area contributed by atoms with Crippen LogP contribution in [0, 0.1) is 0 Å². The Hall–Kier alpha value is -3.11. The van der Waals surface area contributed by atoms with E-state index in [9.17, 15) is 14.4 Å². The summed E-state index contributed by atoms with van der Waals surface area (Å²) in [7, 11) is 0. The van der Waals surface area contributed by atoms with Crippen molar-refractivity contribution in [2.75, 3.05) is 5.73 Å². The molecule has 1 saturated carbocycles. The topological polar surface area (TPSA) is 149 Å². The van der Waals surface area contributed by atoms with Crippen LogP contribution in [-0.2, 0) is 11.8 Å². The molecule has 5 rings (SSSR count). The number of nitrogens with one attached hydrogen (secondary N) is 2. The summed E-state index contributed by atoms with van der Waals surface area (Å²) in [6.07, 6.45) is 4.62. The number of fused-ring (bicyclic) bond motifs is 2. The van der Waals surface area contributed by atoms with Crippen molar-refractivity contribution in [2.45, 2.75) is 37.5 Å². The zero-order chi connectivity index (χ0) is 21.9. The second-order valence-corrected chi connectivity index (χ2v) is 8.56. The molecule has 1 fully saturated rings. The van der Waals surface area contributed by atoms with E-state index in [1.807, 2.05) is 0 Å². The van der Waals surface area contributed by atoms with Gasteiger partial charge in [0.2, 0.25) is 11.7 Å². The van der Waals surface area contributed by atoms with E-state index in [2.05, 4.69) is 20.3 Å². The second kappa shape index (κ2) is 6.96. The number of hydrogen-bond donors (Lipinski definition) is 3. The quantitative estimate of drug-likeness (QED) is 0.538. The summed E-state index contributed by atoms with van der Waals surface area (Å²) in [5, 5.41) is 10.5. The molecule has 0 bridgehead atoms. The molecule has 0 aliphatic heterocycles. The Labute approximate surface area is 184 Å². The van der Waals surface area contributed by atoms with Crippen molar-refractivity contribution >= 4 is 29.0 Å². The number of ether oxygens (including phenoxy) is 1. The van der Waals surface area contributed by atoms with Crippen LogP contribution in [0.3, 0.4) is 0 Å². The third-order valence-corrected chi connectivity index (χ3v) is 6.58. The molecule has 12 heteroatoms. The van der Waals surface area contributed by atoms with E-state index in [1.54, 1.807) is 0 Å². The molecule has 0 radical (unpaired) electrons. The van der Waals surface area contributed by atoms with E-state index < -0.39 is 11.2 Å². The molecule has 3 aromatic rings. The molecular weight excluding hydrogens is 447 g/mol. The summed E-state index contributed by atoms with van der Waals surface area (Å²) in [5.41, 5.74) is 5.33. The van der Waals surface area contributed by atoms with Gasteiger partial charge in [0.05, 0.1) is 15.7 Å². The number of rotatable bonds is 3. The lowest BCUT2D eigenvalue weighted by Crippen LogP contribution is -2.36. The molecule has 2 aromatic heterocycles. The predicted molar refractivity (Wildman–Crippen MR) is 114 cm³/mol. The highest BCUT2D eigenvalue weighted by Gasteiger charge is 2.47. The monoisotopic (exact) mass is 462 g/mol.